The number of nitrogens with one attached hydrogen (secondary N) is 2. The third-order valence-corrected chi connectivity index (χ3v) is 3.62. The molecule has 0 spiro atoms. The zero-order chi connectivity index (χ0) is 12.1. The van der Waals surface area contributed by atoms with Gasteiger partial charge in [-0.15, -0.1) is 0 Å². The summed E-state index contributed by atoms with van der Waals surface area (Å²) in [5.74, 6) is 1.09. The highest BCUT2D eigenvalue weighted by Gasteiger charge is 2.23. The maximum absolute atomic E-state index is 11.9. The van der Waals surface area contributed by atoms with Gasteiger partial charge in [0.15, 0.2) is 0 Å². The van der Waals surface area contributed by atoms with Gasteiger partial charge in [0, 0.05) is 18.8 Å². The van der Waals surface area contributed by atoms with Crippen molar-refractivity contribution in [3.8, 4) is 0 Å². The highest BCUT2D eigenvalue weighted by Crippen LogP contribution is 2.16. The number of benzene rings is 1. The highest BCUT2D eigenvalue weighted by atomic mass is 32.2. The second-order valence-corrected chi connectivity index (χ2v) is 5.18. The number of thioether (sulfide) groups is 1. The lowest BCUT2D eigenvalue weighted by Gasteiger charge is -2.25. The van der Waals surface area contributed by atoms with Crippen molar-refractivity contribution in [1.29, 1.82) is 0 Å². The molecule has 92 valence electrons. The molecule has 4 heteroatoms. The molecule has 0 fully saturated rings. The van der Waals surface area contributed by atoms with E-state index in [0.29, 0.717) is 0 Å². The SMILES string of the molecule is CSCCNC(=O)C1Cc2ccccc2CN1. The summed E-state index contributed by atoms with van der Waals surface area (Å²) in [6.07, 6.45) is 2.84. The van der Waals surface area contributed by atoms with Gasteiger partial charge in [-0.1, -0.05) is 24.3 Å². The molecule has 3 nitrogen and oxygen atoms in total. The van der Waals surface area contributed by atoms with Crippen molar-refractivity contribution < 1.29 is 4.79 Å². The lowest BCUT2D eigenvalue weighted by molar-refractivity contribution is -0.123. The predicted molar refractivity (Wildman–Crippen MR) is 72.2 cm³/mol. The van der Waals surface area contributed by atoms with E-state index in [1.54, 1.807) is 11.8 Å². The zero-order valence-electron chi connectivity index (χ0n) is 10.0. The molecule has 1 aromatic rings. The fourth-order valence-corrected chi connectivity index (χ4v) is 2.35. The average Bonchev–Trinajstić information content (AvgIpc) is 2.38. The number of hydrogen-bond acceptors (Lipinski definition) is 3. The molecule has 1 unspecified atom stereocenters. The van der Waals surface area contributed by atoms with Crippen LogP contribution in [-0.4, -0.2) is 30.5 Å². The van der Waals surface area contributed by atoms with Crippen LogP contribution < -0.4 is 10.6 Å². The van der Waals surface area contributed by atoms with E-state index in [9.17, 15) is 4.79 Å². The van der Waals surface area contributed by atoms with Crippen LogP contribution in [0.4, 0.5) is 0 Å². The van der Waals surface area contributed by atoms with E-state index < -0.39 is 0 Å². The zero-order valence-corrected chi connectivity index (χ0v) is 10.8. The number of carbonyl (C=O) groups excluding carboxylic acids is 1. The van der Waals surface area contributed by atoms with E-state index in [4.69, 9.17) is 0 Å². The molecule has 0 bridgehead atoms. The van der Waals surface area contributed by atoms with Gasteiger partial charge in [-0.05, 0) is 23.8 Å². The Kier molecular flexibility index (Phi) is 4.45. The first-order valence-electron chi connectivity index (χ1n) is 5.88. The summed E-state index contributed by atoms with van der Waals surface area (Å²) in [5, 5.41) is 6.24. The minimum absolute atomic E-state index is 0.0771. The summed E-state index contributed by atoms with van der Waals surface area (Å²) in [6.45, 7) is 1.54. The van der Waals surface area contributed by atoms with Crippen molar-refractivity contribution in [2.45, 2.75) is 19.0 Å². The molecular weight excluding hydrogens is 232 g/mol. The second kappa shape index (κ2) is 6.07. The Morgan fingerprint density at radius 3 is 3.00 bits per heavy atom. The van der Waals surface area contributed by atoms with Gasteiger partial charge in [0.1, 0.15) is 0 Å². The number of amides is 1. The van der Waals surface area contributed by atoms with E-state index in [1.165, 1.54) is 11.1 Å². The maximum atomic E-state index is 11.9. The summed E-state index contributed by atoms with van der Waals surface area (Å²) < 4.78 is 0. The Labute approximate surface area is 106 Å². The first kappa shape index (κ1) is 12.5. The first-order chi connectivity index (χ1) is 8.31. The van der Waals surface area contributed by atoms with Gasteiger partial charge < -0.3 is 10.6 Å². The van der Waals surface area contributed by atoms with Crippen molar-refractivity contribution in [2.75, 3.05) is 18.6 Å². The number of rotatable bonds is 4. The van der Waals surface area contributed by atoms with E-state index in [1.807, 2.05) is 18.4 Å². The third-order valence-electron chi connectivity index (χ3n) is 3.00. The van der Waals surface area contributed by atoms with Gasteiger partial charge in [-0.2, -0.15) is 11.8 Å². The van der Waals surface area contributed by atoms with Gasteiger partial charge >= 0.3 is 0 Å². The molecule has 0 saturated heterocycles. The second-order valence-electron chi connectivity index (χ2n) is 4.19. The summed E-state index contributed by atoms with van der Waals surface area (Å²) >= 11 is 1.74. The molecule has 0 saturated carbocycles. The summed E-state index contributed by atoms with van der Waals surface area (Å²) in [7, 11) is 0. The summed E-state index contributed by atoms with van der Waals surface area (Å²) in [4.78, 5) is 11.9. The van der Waals surface area contributed by atoms with Gasteiger partial charge in [0.05, 0.1) is 6.04 Å². The molecule has 1 aromatic carbocycles. The molecule has 1 atom stereocenters. The Hall–Kier alpha value is -1.00. The Morgan fingerprint density at radius 2 is 2.24 bits per heavy atom. The molecule has 1 heterocycles. The van der Waals surface area contributed by atoms with Crippen molar-refractivity contribution in [3.05, 3.63) is 35.4 Å². The van der Waals surface area contributed by atoms with Crippen LogP contribution in [0.15, 0.2) is 24.3 Å². The van der Waals surface area contributed by atoms with Gasteiger partial charge in [0.25, 0.3) is 0 Å². The molecule has 0 aliphatic carbocycles. The Morgan fingerprint density at radius 1 is 1.47 bits per heavy atom. The minimum Gasteiger partial charge on any atom is -0.354 e. The van der Waals surface area contributed by atoms with Gasteiger partial charge in [0.2, 0.25) is 5.91 Å². The van der Waals surface area contributed by atoms with Crippen molar-refractivity contribution in [3.63, 3.8) is 0 Å². The molecule has 2 N–H and O–H groups in total. The highest BCUT2D eigenvalue weighted by molar-refractivity contribution is 7.98. The van der Waals surface area contributed by atoms with Gasteiger partial charge in [-0.25, -0.2) is 0 Å². The molecule has 1 amide bonds. The van der Waals surface area contributed by atoms with Crippen LogP contribution in [0.5, 0.6) is 0 Å². The summed E-state index contributed by atoms with van der Waals surface area (Å²) in [6, 6.07) is 8.22. The lowest BCUT2D eigenvalue weighted by Crippen LogP contribution is -2.48. The monoisotopic (exact) mass is 250 g/mol. The average molecular weight is 250 g/mol. The Bertz CT molecular complexity index is 395. The Balaban J connectivity index is 1.91. The van der Waals surface area contributed by atoms with E-state index in [-0.39, 0.29) is 11.9 Å². The topological polar surface area (TPSA) is 41.1 Å². The molecule has 1 aliphatic heterocycles. The lowest BCUT2D eigenvalue weighted by atomic mass is 9.95. The summed E-state index contributed by atoms with van der Waals surface area (Å²) in [5.41, 5.74) is 2.59. The fourth-order valence-electron chi connectivity index (χ4n) is 2.04. The van der Waals surface area contributed by atoms with Crippen LogP contribution in [-0.2, 0) is 17.8 Å². The maximum Gasteiger partial charge on any atom is 0.237 e. The van der Waals surface area contributed by atoms with Crippen molar-refractivity contribution >= 4 is 17.7 Å². The van der Waals surface area contributed by atoms with E-state index in [0.717, 1.165) is 25.3 Å². The normalized spacial score (nSPS) is 18.5. The van der Waals surface area contributed by atoms with Crippen LogP contribution in [0, 0.1) is 0 Å². The molecular formula is C13H18N2OS. The minimum atomic E-state index is -0.0771. The van der Waals surface area contributed by atoms with Crippen LogP contribution in [0.3, 0.4) is 0 Å². The predicted octanol–water partition coefficient (Wildman–Crippen LogP) is 1.18. The molecule has 17 heavy (non-hydrogen) atoms. The largest absolute Gasteiger partial charge is 0.354 e. The number of carbonyl (C=O) groups is 1. The molecule has 2 rings (SSSR count). The number of hydrogen-bond donors (Lipinski definition) is 2. The smallest absolute Gasteiger partial charge is 0.237 e. The fraction of sp³-hybridized carbons (Fsp3) is 0.462. The van der Waals surface area contributed by atoms with Crippen LogP contribution >= 0.6 is 11.8 Å². The molecule has 0 aromatic heterocycles. The van der Waals surface area contributed by atoms with Gasteiger partial charge in [-0.3, -0.25) is 4.79 Å². The van der Waals surface area contributed by atoms with E-state index in [2.05, 4.69) is 22.8 Å². The van der Waals surface area contributed by atoms with Crippen molar-refractivity contribution in [1.82, 2.24) is 10.6 Å². The van der Waals surface area contributed by atoms with Crippen LogP contribution in [0.2, 0.25) is 0 Å². The van der Waals surface area contributed by atoms with Crippen LogP contribution in [0.25, 0.3) is 0 Å². The quantitative estimate of drug-likeness (QED) is 0.789. The first-order valence-corrected chi connectivity index (χ1v) is 7.27. The van der Waals surface area contributed by atoms with Crippen LogP contribution in [0.1, 0.15) is 11.1 Å². The van der Waals surface area contributed by atoms with E-state index >= 15 is 0 Å². The standard InChI is InChI=1S/C13H18N2OS/c1-17-7-6-14-13(16)12-8-10-4-2-3-5-11(10)9-15-12/h2-5,12,15H,6-9H2,1H3,(H,14,16). The molecule has 1 aliphatic rings. The number of fused-ring (bicyclic) bond motifs is 1. The third kappa shape index (κ3) is 3.23. The van der Waals surface area contributed by atoms with Crippen molar-refractivity contribution in [2.24, 2.45) is 0 Å². The molecule has 0 radical (unpaired) electrons.